The number of nitrogens with one attached hydrogen (secondary N) is 1. The molecule has 2 nitrogen and oxygen atoms in total. The summed E-state index contributed by atoms with van der Waals surface area (Å²) in [7, 11) is 0. The number of amidine groups is 1. The van der Waals surface area contributed by atoms with Crippen molar-refractivity contribution < 1.29 is 0 Å². The van der Waals surface area contributed by atoms with E-state index in [2.05, 4.69) is 5.32 Å². The third-order valence-electron chi connectivity index (χ3n) is 7.15. The van der Waals surface area contributed by atoms with E-state index in [0.717, 1.165) is 24.3 Å². The zero-order valence-corrected chi connectivity index (χ0v) is 13.9. The van der Waals surface area contributed by atoms with Gasteiger partial charge in [0.15, 0.2) is 5.17 Å². The highest BCUT2D eigenvalue weighted by Gasteiger charge is 2.51. The van der Waals surface area contributed by atoms with E-state index < -0.39 is 0 Å². The third-order valence-corrected chi connectivity index (χ3v) is 8.41. The van der Waals surface area contributed by atoms with Gasteiger partial charge in [0.25, 0.3) is 0 Å². The molecular weight excluding hydrogens is 276 g/mol. The fourth-order valence-electron chi connectivity index (χ4n) is 6.55. The summed E-state index contributed by atoms with van der Waals surface area (Å²) in [6, 6.07) is 0. The Hall–Kier alpha value is -0.180. The van der Waals surface area contributed by atoms with Crippen molar-refractivity contribution in [2.24, 2.45) is 28.2 Å². The van der Waals surface area contributed by atoms with Gasteiger partial charge in [-0.3, -0.25) is 4.99 Å². The number of thioether (sulfide) groups is 1. The van der Waals surface area contributed by atoms with Crippen molar-refractivity contribution in [1.29, 1.82) is 0 Å². The molecule has 116 valence electrons. The molecule has 6 rings (SSSR count). The Labute approximate surface area is 132 Å². The molecule has 5 fully saturated rings. The molecule has 0 radical (unpaired) electrons. The summed E-state index contributed by atoms with van der Waals surface area (Å²) in [5, 5.41) is 5.28. The molecule has 0 aromatic heterocycles. The highest BCUT2D eigenvalue weighted by molar-refractivity contribution is 8.13. The van der Waals surface area contributed by atoms with Crippen LogP contribution in [-0.2, 0) is 0 Å². The lowest BCUT2D eigenvalue weighted by atomic mass is 9.53. The molecule has 1 spiro atoms. The molecule has 0 unspecified atom stereocenters. The number of hydrogen-bond acceptors (Lipinski definition) is 3. The van der Waals surface area contributed by atoms with Gasteiger partial charge in [-0.1, -0.05) is 24.6 Å². The fraction of sp³-hybridized carbons (Fsp3) is 0.944. The topological polar surface area (TPSA) is 24.4 Å². The number of aliphatic imine (C=N–C) groups is 1. The fourth-order valence-corrected chi connectivity index (χ4v) is 7.81. The average Bonchev–Trinajstić information content (AvgIpc) is 2.88. The Balaban J connectivity index is 1.31. The maximum Gasteiger partial charge on any atom is 0.157 e. The van der Waals surface area contributed by atoms with Crippen molar-refractivity contribution in [1.82, 2.24) is 5.32 Å². The standard InChI is InChI=1S/C18H28N2S/c1-2-4-17(3-1)11-19-16(21-12-17)20-18-8-13-5-14(9-18)7-15(6-13)10-18/h13-15H,1-12H2,(H,19,20). The van der Waals surface area contributed by atoms with Gasteiger partial charge >= 0.3 is 0 Å². The molecule has 5 saturated carbocycles. The van der Waals surface area contributed by atoms with Gasteiger partial charge in [0.05, 0.1) is 0 Å². The lowest BCUT2D eigenvalue weighted by molar-refractivity contribution is -0.00970. The van der Waals surface area contributed by atoms with E-state index >= 15 is 0 Å². The first-order valence-corrected chi connectivity index (χ1v) is 10.2. The molecule has 1 aliphatic heterocycles. The van der Waals surface area contributed by atoms with Crippen molar-refractivity contribution in [3.63, 3.8) is 0 Å². The minimum atomic E-state index is 0.445. The van der Waals surface area contributed by atoms with Crippen molar-refractivity contribution in [3.05, 3.63) is 0 Å². The molecular formula is C18H28N2S. The molecule has 0 amide bonds. The number of hydrogen-bond donors (Lipinski definition) is 1. The maximum atomic E-state index is 5.01. The van der Waals surface area contributed by atoms with Gasteiger partial charge in [-0.25, -0.2) is 0 Å². The molecule has 1 heterocycles. The summed E-state index contributed by atoms with van der Waals surface area (Å²) in [5.41, 5.74) is 1.03. The first kappa shape index (κ1) is 13.3. The zero-order valence-electron chi connectivity index (χ0n) is 13.1. The van der Waals surface area contributed by atoms with E-state index in [1.807, 2.05) is 11.8 Å². The number of rotatable bonds is 1. The quantitative estimate of drug-likeness (QED) is 0.785. The predicted molar refractivity (Wildman–Crippen MR) is 89.7 cm³/mol. The summed E-state index contributed by atoms with van der Waals surface area (Å²) in [6.45, 7) is 1.11. The van der Waals surface area contributed by atoms with E-state index in [4.69, 9.17) is 4.99 Å². The van der Waals surface area contributed by atoms with E-state index in [1.54, 1.807) is 0 Å². The highest BCUT2D eigenvalue weighted by Crippen LogP contribution is 2.56. The van der Waals surface area contributed by atoms with Crippen LogP contribution in [0, 0.1) is 23.2 Å². The van der Waals surface area contributed by atoms with Crippen molar-refractivity contribution in [2.75, 3.05) is 12.3 Å². The van der Waals surface area contributed by atoms with E-state index in [9.17, 15) is 0 Å². The Kier molecular flexibility index (Phi) is 2.95. The van der Waals surface area contributed by atoms with Gasteiger partial charge in [0.2, 0.25) is 0 Å². The summed E-state index contributed by atoms with van der Waals surface area (Å²) < 4.78 is 0. The minimum Gasteiger partial charge on any atom is -0.359 e. The van der Waals surface area contributed by atoms with Crippen LogP contribution in [0.3, 0.4) is 0 Å². The van der Waals surface area contributed by atoms with E-state index in [1.165, 1.54) is 75.1 Å². The molecule has 5 aliphatic carbocycles. The molecule has 4 bridgehead atoms. The van der Waals surface area contributed by atoms with Crippen LogP contribution >= 0.6 is 11.8 Å². The summed E-state index contributed by atoms with van der Waals surface area (Å²) in [5.74, 6) is 4.41. The largest absolute Gasteiger partial charge is 0.359 e. The molecule has 0 saturated heterocycles. The highest BCUT2D eigenvalue weighted by atomic mass is 32.2. The zero-order chi connectivity index (χ0) is 13.9. The predicted octanol–water partition coefficient (Wildman–Crippen LogP) is 4.21. The van der Waals surface area contributed by atoms with E-state index in [-0.39, 0.29) is 0 Å². The van der Waals surface area contributed by atoms with Gasteiger partial charge in [-0.15, -0.1) is 0 Å². The monoisotopic (exact) mass is 304 g/mol. The van der Waals surface area contributed by atoms with Crippen LogP contribution in [0.25, 0.3) is 0 Å². The smallest absolute Gasteiger partial charge is 0.157 e. The van der Waals surface area contributed by atoms with Gasteiger partial charge in [-0.2, -0.15) is 0 Å². The van der Waals surface area contributed by atoms with Gasteiger partial charge < -0.3 is 5.32 Å². The Morgan fingerprint density at radius 1 is 0.952 bits per heavy atom. The van der Waals surface area contributed by atoms with Gasteiger partial charge in [-0.05, 0) is 74.5 Å². The lowest BCUT2D eigenvalue weighted by Gasteiger charge is -2.57. The number of nitrogens with zero attached hydrogens (tertiary/aromatic N) is 1. The lowest BCUT2D eigenvalue weighted by Crippen LogP contribution is -2.59. The second-order valence-electron chi connectivity index (χ2n) is 8.94. The Morgan fingerprint density at radius 2 is 1.57 bits per heavy atom. The van der Waals surface area contributed by atoms with Crippen LogP contribution in [0.2, 0.25) is 0 Å². The molecule has 1 N–H and O–H groups in total. The molecule has 3 heteroatoms. The van der Waals surface area contributed by atoms with E-state index in [0.29, 0.717) is 11.0 Å². The van der Waals surface area contributed by atoms with Crippen LogP contribution in [0.1, 0.15) is 64.2 Å². The Morgan fingerprint density at radius 3 is 2.10 bits per heavy atom. The molecule has 21 heavy (non-hydrogen) atoms. The van der Waals surface area contributed by atoms with Crippen molar-refractivity contribution in [3.8, 4) is 0 Å². The summed E-state index contributed by atoms with van der Waals surface area (Å²) in [4.78, 5) is 5.01. The summed E-state index contributed by atoms with van der Waals surface area (Å²) in [6.07, 6.45) is 14.6. The average molecular weight is 305 g/mol. The Bertz CT molecular complexity index is 429. The van der Waals surface area contributed by atoms with Crippen molar-refractivity contribution in [2.45, 2.75) is 69.7 Å². The van der Waals surface area contributed by atoms with Gasteiger partial charge in [0.1, 0.15) is 0 Å². The first-order chi connectivity index (χ1) is 10.2. The summed E-state index contributed by atoms with van der Waals surface area (Å²) >= 11 is 2.05. The maximum absolute atomic E-state index is 5.01. The third kappa shape index (κ3) is 2.26. The van der Waals surface area contributed by atoms with Crippen LogP contribution in [0.5, 0.6) is 0 Å². The molecule has 6 aliphatic rings. The second-order valence-corrected chi connectivity index (χ2v) is 9.90. The van der Waals surface area contributed by atoms with Gasteiger partial charge in [0, 0.05) is 17.8 Å². The second kappa shape index (κ2) is 4.66. The molecule has 0 atom stereocenters. The van der Waals surface area contributed by atoms with Crippen LogP contribution in [0.4, 0.5) is 0 Å². The molecule has 0 aromatic carbocycles. The van der Waals surface area contributed by atoms with Crippen molar-refractivity contribution >= 4 is 16.9 Å². The van der Waals surface area contributed by atoms with Crippen LogP contribution in [0.15, 0.2) is 4.99 Å². The normalized spacial score (nSPS) is 46.9. The van der Waals surface area contributed by atoms with Crippen LogP contribution < -0.4 is 5.32 Å². The van der Waals surface area contributed by atoms with Crippen LogP contribution in [-0.4, -0.2) is 23.0 Å². The minimum absolute atomic E-state index is 0.445. The first-order valence-electron chi connectivity index (χ1n) is 9.18. The molecule has 0 aromatic rings. The SMILES string of the molecule is C1CCC2(C1)CN=C(NC13CC4CC(CC(C4)C1)C3)SC2.